The summed E-state index contributed by atoms with van der Waals surface area (Å²) in [5.74, 6) is 1.37. The second-order valence-corrected chi connectivity index (χ2v) is 8.40. The molecule has 1 amide bonds. The fourth-order valence-corrected chi connectivity index (χ4v) is 6.06. The van der Waals surface area contributed by atoms with Crippen LogP contribution in [0.25, 0.3) is 0 Å². The molecule has 2 fully saturated rings. The van der Waals surface area contributed by atoms with Crippen LogP contribution in [0, 0.1) is 11.8 Å². The highest BCUT2D eigenvalue weighted by atomic mass is 32.1. The predicted octanol–water partition coefficient (Wildman–Crippen LogP) is 3.26. The average Bonchev–Trinajstić information content (AvgIpc) is 2.92. The van der Waals surface area contributed by atoms with E-state index in [2.05, 4.69) is 10.7 Å². The lowest BCUT2D eigenvalue weighted by molar-refractivity contribution is 0.0755. The summed E-state index contributed by atoms with van der Waals surface area (Å²) in [6.07, 6.45) is 10.7. The van der Waals surface area contributed by atoms with E-state index in [-0.39, 0.29) is 5.91 Å². The zero-order valence-corrected chi connectivity index (χ0v) is 14.0. The van der Waals surface area contributed by atoms with Gasteiger partial charge in [0.2, 0.25) is 0 Å². The molecule has 0 saturated heterocycles. The van der Waals surface area contributed by atoms with Crippen LogP contribution in [0.2, 0.25) is 0 Å². The molecule has 2 saturated carbocycles. The van der Waals surface area contributed by atoms with Crippen molar-refractivity contribution in [2.24, 2.45) is 17.6 Å². The molecule has 2 atom stereocenters. The highest BCUT2D eigenvalue weighted by Crippen LogP contribution is 2.40. The van der Waals surface area contributed by atoms with Crippen LogP contribution < -0.4 is 11.1 Å². The van der Waals surface area contributed by atoms with Crippen LogP contribution in [-0.2, 0) is 12.8 Å². The van der Waals surface area contributed by atoms with Gasteiger partial charge in [-0.2, -0.15) is 0 Å². The van der Waals surface area contributed by atoms with E-state index in [0.717, 1.165) is 31.2 Å². The van der Waals surface area contributed by atoms with Crippen molar-refractivity contribution in [2.45, 2.75) is 69.9 Å². The molecular formula is C18H26N2OS. The minimum Gasteiger partial charge on any atom is -0.349 e. The van der Waals surface area contributed by atoms with Gasteiger partial charge >= 0.3 is 0 Å². The second-order valence-electron chi connectivity index (χ2n) is 7.44. The van der Waals surface area contributed by atoms with Crippen LogP contribution in [0.5, 0.6) is 0 Å². The SMILES string of the molecule is NC1CC2CCCC(C1)C2NC(=O)c1csc2c1CCCC2. The van der Waals surface area contributed by atoms with Gasteiger partial charge in [0.15, 0.2) is 0 Å². The fourth-order valence-electron chi connectivity index (χ4n) is 4.94. The Hall–Kier alpha value is -0.870. The predicted molar refractivity (Wildman–Crippen MR) is 90.3 cm³/mol. The van der Waals surface area contributed by atoms with Crippen molar-refractivity contribution >= 4 is 17.2 Å². The molecule has 22 heavy (non-hydrogen) atoms. The Morgan fingerprint density at radius 2 is 1.86 bits per heavy atom. The number of nitrogens with one attached hydrogen (secondary N) is 1. The summed E-state index contributed by atoms with van der Waals surface area (Å²) in [6.45, 7) is 0. The first kappa shape index (κ1) is 14.7. The molecule has 3 N–H and O–H groups in total. The maximum atomic E-state index is 12.8. The Morgan fingerprint density at radius 1 is 1.14 bits per heavy atom. The Labute approximate surface area is 136 Å². The molecule has 0 radical (unpaired) electrons. The van der Waals surface area contributed by atoms with E-state index >= 15 is 0 Å². The van der Waals surface area contributed by atoms with Crippen molar-refractivity contribution in [2.75, 3.05) is 0 Å². The quantitative estimate of drug-likeness (QED) is 0.879. The van der Waals surface area contributed by atoms with Crippen LogP contribution >= 0.6 is 11.3 Å². The van der Waals surface area contributed by atoms with Crippen LogP contribution in [0.3, 0.4) is 0 Å². The van der Waals surface area contributed by atoms with Gasteiger partial charge in [0.05, 0.1) is 5.56 Å². The van der Waals surface area contributed by atoms with Crippen molar-refractivity contribution in [3.05, 3.63) is 21.4 Å². The van der Waals surface area contributed by atoms with E-state index in [0.29, 0.717) is 23.9 Å². The lowest BCUT2D eigenvalue weighted by Gasteiger charge is -2.45. The van der Waals surface area contributed by atoms with Gasteiger partial charge in [-0.1, -0.05) is 6.42 Å². The number of amides is 1. The molecule has 2 bridgehead atoms. The zero-order chi connectivity index (χ0) is 15.1. The monoisotopic (exact) mass is 318 g/mol. The van der Waals surface area contributed by atoms with Gasteiger partial charge in [0, 0.05) is 22.3 Å². The molecule has 0 spiro atoms. The first-order valence-corrected chi connectivity index (χ1v) is 9.76. The Balaban J connectivity index is 1.51. The lowest BCUT2D eigenvalue weighted by atomic mass is 9.67. The third-order valence-corrected chi connectivity index (χ3v) is 7.07. The number of nitrogens with two attached hydrogens (primary N) is 1. The molecule has 1 aromatic rings. The number of rotatable bonds is 2. The summed E-state index contributed by atoms with van der Waals surface area (Å²) >= 11 is 1.78. The highest BCUT2D eigenvalue weighted by molar-refractivity contribution is 7.10. The summed E-state index contributed by atoms with van der Waals surface area (Å²) < 4.78 is 0. The van der Waals surface area contributed by atoms with Crippen LogP contribution in [0.4, 0.5) is 0 Å². The summed E-state index contributed by atoms with van der Waals surface area (Å²) in [5.41, 5.74) is 8.50. The second kappa shape index (κ2) is 5.97. The van der Waals surface area contributed by atoms with Crippen molar-refractivity contribution in [1.82, 2.24) is 5.32 Å². The van der Waals surface area contributed by atoms with E-state index in [4.69, 9.17) is 5.73 Å². The first-order chi connectivity index (χ1) is 10.7. The molecule has 3 nitrogen and oxygen atoms in total. The van der Waals surface area contributed by atoms with Crippen molar-refractivity contribution in [1.29, 1.82) is 0 Å². The van der Waals surface area contributed by atoms with Crippen LogP contribution in [0.15, 0.2) is 5.38 Å². The number of hydrogen-bond donors (Lipinski definition) is 2. The van der Waals surface area contributed by atoms with Gasteiger partial charge < -0.3 is 11.1 Å². The van der Waals surface area contributed by atoms with E-state index < -0.39 is 0 Å². The number of fused-ring (bicyclic) bond motifs is 3. The molecule has 2 unspecified atom stereocenters. The summed E-state index contributed by atoms with van der Waals surface area (Å²) in [6, 6.07) is 0.706. The standard InChI is InChI=1S/C18H26N2OS/c19-13-8-11-4-3-5-12(9-13)17(11)20-18(21)15-10-22-16-7-2-1-6-14(15)16/h10-13,17H,1-9,19H2,(H,20,21). The Morgan fingerprint density at radius 3 is 2.64 bits per heavy atom. The Bertz CT molecular complexity index is 553. The third kappa shape index (κ3) is 2.61. The molecular weight excluding hydrogens is 292 g/mol. The van der Waals surface area contributed by atoms with E-state index in [1.54, 1.807) is 11.3 Å². The lowest BCUT2D eigenvalue weighted by Crippen LogP contribution is -2.53. The summed E-state index contributed by atoms with van der Waals surface area (Å²) in [7, 11) is 0. The molecule has 4 rings (SSSR count). The average molecular weight is 318 g/mol. The minimum atomic E-state index is 0.178. The molecule has 0 aromatic carbocycles. The zero-order valence-electron chi connectivity index (χ0n) is 13.1. The van der Waals surface area contributed by atoms with Gasteiger partial charge in [-0.15, -0.1) is 11.3 Å². The molecule has 4 heteroatoms. The maximum Gasteiger partial charge on any atom is 0.252 e. The minimum absolute atomic E-state index is 0.178. The fraction of sp³-hybridized carbons (Fsp3) is 0.722. The number of thiophene rings is 1. The van der Waals surface area contributed by atoms with Crippen molar-refractivity contribution < 1.29 is 4.79 Å². The normalized spacial score (nSPS) is 34.0. The maximum absolute atomic E-state index is 12.8. The smallest absolute Gasteiger partial charge is 0.252 e. The molecule has 3 aliphatic rings. The van der Waals surface area contributed by atoms with Crippen LogP contribution in [-0.4, -0.2) is 18.0 Å². The van der Waals surface area contributed by atoms with Gasteiger partial charge in [0.1, 0.15) is 0 Å². The van der Waals surface area contributed by atoms with Crippen molar-refractivity contribution in [3.63, 3.8) is 0 Å². The molecule has 1 aromatic heterocycles. The molecule has 3 aliphatic carbocycles. The van der Waals surface area contributed by atoms with E-state index in [9.17, 15) is 4.79 Å². The number of carbonyl (C=O) groups excluding carboxylic acids is 1. The Kier molecular flexibility index (Phi) is 3.99. The summed E-state index contributed by atoms with van der Waals surface area (Å²) in [4.78, 5) is 14.3. The highest BCUT2D eigenvalue weighted by Gasteiger charge is 2.40. The van der Waals surface area contributed by atoms with Gasteiger partial charge in [-0.05, 0) is 68.8 Å². The first-order valence-electron chi connectivity index (χ1n) is 8.88. The van der Waals surface area contributed by atoms with Gasteiger partial charge in [-0.3, -0.25) is 4.79 Å². The van der Waals surface area contributed by atoms with Crippen molar-refractivity contribution in [3.8, 4) is 0 Å². The van der Waals surface area contributed by atoms with Crippen LogP contribution in [0.1, 0.15) is 65.7 Å². The largest absolute Gasteiger partial charge is 0.349 e. The number of hydrogen-bond acceptors (Lipinski definition) is 3. The third-order valence-electron chi connectivity index (χ3n) is 5.98. The van der Waals surface area contributed by atoms with E-state index in [1.165, 1.54) is 42.5 Å². The molecule has 1 heterocycles. The van der Waals surface area contributed by atoms with Gasteiger partial charge in [0.25, 0.3) is 5.91 Å². The summed E-state index contributed by atoms with van der Waals surface area (Å²) in [5, 5.41) is 5.50. The number of carbonyl (C=O) groups is 1. The topological polar surface area (TPSA) is 55.1 Å². The molecule has 120 valence electrons. The molecule has 0 aliphatic heterocycles. The van der Waals surface area contributed by atoms with E-state index in [1.807, 2.05) is 0 Å². The van der Waals surface area contributed by atoms with Gasteiger partial charge in [-0.25, -0.2) is 0 Å². The number of aryl methyl sites for hydroxylation is 1.